The SMILES string of the molecule is C#CCNC(=O)CSc1nc2sc3c(c2c(=O)n1C)CCCC3. The van der Waals surface area contributed by atoms with Gasteiger partial charge in [0.25, 0.3) is 5.56 Å². The molecular formula is C16H17N3O2S2. The van der Waals surface area contributed by atoms with Crippen LogP contribution in [-0.2, 0) is 24.7 Å². The molecule has 5 nitrogen and oxygen atoms in total. The summed E-state index contributed by atoms with van der Waals surface area (Å²) >= 11 is 2.88. The van der Waals surface area contributed by atoms with E-state index in [4.69, 9.17) is 6.42 Å². The number of aromatic nitrogens is 2. The van der Waals surface area contributed by atoms with Crippen molar-refractivity contribution in [2.75, 3.05) is 12.3 Å². The highest BCUT2D eigenvalue weighted by Gasteiger charge is 2.21. The number of rotatable bonds is 4. The van der Waals surface area contributed by atoms with E-state index in [0.717, 1.165) is 29.5 Å². The van der Waals surface area contributed by atoms with Gasteiger partial charge in [0.05, 0.1) is 17.7 Å². The minimum absolute atomic E-state index is 0.0130. The summed E-state index contributed by atoms with van der Waals surface area (Å²) in [5.74, 6) is 2.39. The predicted octanol–water partition coefficient (Wildman–Crippen LogP) is 1.72. The zero-order valence-electron chi connectivity index (χ0n) is 12.8. The molecule has 0 fully saturated rings. The van der Waals surface area contributed by atoms with E-state index in [0.29, 0.717) is 5.16 Å². The number of fused-ring (bicyclic) bond motifs is 3. The lowest BCUT2D eigenvalue weighted by Gasteiger charge is -2.10. The quantitative estimate of drug-likeness (QED) is 0.520. The average Bonchev–Trinajstić information content (AvgIpc) is 2.93. The Kier molecular flexibility index (Phi) is 4.74. The van der Waals surface area contributed by atoms with E-state index < -0.39 is 0 Å². The van der Waals surface area contributed by atoms with E-state index in [1.165, 1.54) is 28.6 Å². The Hall–Kier alpha value is -1.78. The highest BCUT2D eigenvalue weighted by Crippen LogP contribution is 2.34. The number of aryl methyl sites for hydroxylation is 2. The van der Waals surface area contributed by atoms with Gasteiger partial charge in [0, 0.05) is 11.9 Å². The Labute approximate surface area is 142 Å². The lowest BCUT2D eigenvalue weighted by Crippen LogP contribution is -2.26. The third-order valence-corrected chi connectivity index (χ3v) is 6.09. The third-order valence-electron chi connectivity index (χ3n) is 3.88. The summed E-state index contributed by atoms with van der Waals surface area (Å²) in [6.07, 6.45) is 9.42. The van der Waals surface area contributed by atoms with Crippen LogP contribution in [-0.4, -0.2) is 27.8 Å². The molecule has 1 aliphatic carbocycles. The molecule has 1 aliphatic rings. The van der Waals surface area contributed by atoms with Crippen LogP contribution < -0.4 is 10.9 Å². The van der Waals surface area contributed by atoms with Crippen LogP contribution in [0.3, 0.4) is 0 Å². The molecule has 2 heterocycles. The molecule has 3 rings (SSSR count). The summed E-state index contributed by atoms with van der Waals surface area (Å²) in [5.41, 5.74) is 1.17. The Morgan fingerprint density at radius 1 is 1.48 bits per heavy atom. The first-order valence-electron chi connectivity index (χ1n) is 7.46. The number of hydrogen-bond acceptors (Lipinski definition) is 5. The molecule has 0 saturated heterocycles. The number of hydrogen-bond donors (Lipinski definition) is 1. The van der Waals surface area contributed by atoms with Crippen LogP contribution in [0.15, 0.2) is 9.95 Å². The van der Waals surface area contributed by atoms with Crippen molar-refractivity contribution in [1.82, 2.24) is 14.9 Å². The van der Waals surface area contributed by atoms with Crippen LogP contribution in [0.25, 0.3) is 10.2 Å². The molecule has 2 aromatic heterocycles. The Bertz CT molecular complexity index is 861. The van der Waals surface area contributed by atoms with Crippen LogP contribution in [0.2, 0.25) is 0 Å². The van der Waals surface area contributed by atoms with Crippen molar-refractivity contribution < 1.29 is 4.79 Å². The molecule has 23 heavy (non-hydrogen) atoms. The van der Waals surface area contributed by atoms with Gasteiger partial charge in [0.15, 0.2) is 5.16 Å². The zero-order valence-corrected chi connectivity index (χ0v) is 14.5. The first kappa shape index (κ1) is 16.1. The second-order valence-electron chi connectivity index (χ2n) is 5.42. The second-order valence-corrected chi connectivity index (χ2v) is 7.45. The number of carbonyl (C=O) groups excluding carboxylic acids is 1. The average molecular weight is 347 g/mol. The number of thiophene rings is 1. The minimum Gasteiger partial charge on any atom is -0.344 e. The number of nitrogens with zero attached hydrogens (tertiary/aromatic N) is 2. The normalized spacial score (nSPS) is 13.6. The molecule has 0 bridgehead atoms. The van der Waals surface area contributed by atoms with Gasteiger partial charge in [-0.1, -0.05) is 17.7 Å². The van der Waals surface area contributed by atoms with E-state index in [-0.39, 0.29) is 23.8 Å². The fourth-order valence-electron chi connectivity index (χ4n) is 2.73. The maximum Gasteiger partial charge on any atom is 0.262 e. The van der Waals surface area contributed by atoms with E-state index in [2.05, 4.69) is 16.2 Å². The van der Waals surface area contributed by atoms with Crippen molar-refractivity contribution in [3.8, 4) is 12.3 Å². The molecule has 0 spiro atoms. The van der Waals surface area contributed by atoms with Crippen LogP contribution in [0.5, 0.6) is 0 Å². The Morgan fingerprint density at radius 3 is 3.04 bits per heavy atom. The Balaban J connectivity index is 1.91. The monoisotopic (exact) mass is 347 g/mol. The number of carbonyl (C=O) groups is 1. The van der Waals surface area contributed by atoms with Gasteiger partial charge in [0.2, 0.25) is 5.91 Å². The first-order valence-corrected chi connectivity index (χ1v) is 9.26. The fourth-order valence-corrected chi connectivity index (χ4v) is 4.83. The highest BCUT2D eigenvalue weighted by molar-refractivity contribution is 7.99. The topological polar surface area (TPSA) is 64.0 Å². The standard InChI is InChI=1S/C16H17N3O2S2/c1-3-8-17-12(20)9-22-16-18-14-13(15(21)19(16)2)10-6-4-5-7-11(10)23-14/h1H,4-9H2,2H3,(H,17,20). The zero-order chi connectivity index (χ0) is 16.4. The maximum absolute atomic E-state index is 12.7. The molecule has 1 N–H and O–H groups in total. The summed E-state index contributed by atoms with van der Waals surface area (Å²) in [4.78, 5) is 31.1. The molecule has 2 aromatic rings. The number of amides is 1. The van der Waals surface area contributed by atoms with E-state index >= 15 is 0 Å². The Morgan fingerprint density at radius 2 is 2.26 bits per heavy atom. The molecule has 0 aromatic carbocycles. The summed E-state index contributed by atoms with van der Waals surface area (Å²) in [6, 6.07) is 0. The van der Waals surface area contributed by atoms with Gasteiger partial charge in [-0.15, -0.1) is 17.8 Å². The van der Waals surface area contributed by atoms with Crippen LogP contribution in [0, 0.1) is 12.3 Å². The van der Waals surface area contributed by atoms with Gasteiger partial charge in [-0.25, -0.2) is 4.98 Å². The second kappa shape index (κ2) is 6.77. The third kappa shape index (κ3) is 3.14. The molecule has 7 heteroatoms. The smallest absolute Gasteiger partial charge is 0.262 e. The lowest BCUT2D eigenvalue weighted by atomic mass is 9.97. The van der Waals surface area contributed by atoms with E-state index in [1.54, 1.807) is 23.0 Å². The molecule has 0 saturated carbocycles. The number of nitrogens with one attached hydrogen (secondary N) is 1. The van der Waals surface area contributed by atoms with Crippen molar-refractivity contribution in [2.24, 2.45) is 7.05 Å². The molecular weight excluding hydrogens is 330 g/mol. The van der Waals surface area contributed by atoms with Gasteiger partial charge in [-0.05, 0) is 31.2 Å². The van der Waals surface area contributed by atoms with Gasteiger partial charge in [-0.3, -0.25) is 14.2 Å². The van der Waals surface area contributed by atoms with Crippen LogP contribution >= 0.6 is 23.1 Å². The van der Waals surface area contributed by atoms with Gasteiger partial charge >= 0.3 is 0 Å². The molecule has 0 aliphatic heterocycles. The molecule has 120 valence electrons. The van der Waals surface area contributed by atoms with E-state index in [9.17, 15) is 9.59 Å². The number of thioether (sulfide) groups is 1. The predicted molar refractivity (Wildman–Crippen MR) is 94.1 cm³/mol. The van der Waals surface area contributed by atoms with Gasteiger partial charge < -0.3 is 5.32 Å². The van der Waals surface area contributed by atoms with Crippen LogP contribution in [0.4, 0.5) is 0 Å². The van der Waals surface area contributed by atoms with Gasteiger partial charge in [0.1, 0.15) is 4.83 Å². The van der Waals surface area contributed by atoms with Crippen molar-refractivity contribution >= 4 is 39.2 Å². The summed E-state index contributed by atoms with van der Waals surface area (Å²) in [5, 5.41) is 3.94. The van der Waals surface area contributed by atoms with Crippen molar-refractivity contribution in [1.29, 1.82) is 0 Å². The minimum atomic E-state index is -0.159. The van der Waals surface area contributed by atoms with Gasteiger partial charge in [-0.2, -0.15) is 0 Å². The summed E-state index contributed by atoms with van der Waals surface area (Å²) in [6.45, 7) is 0.211. The molecule has 0 radical (unpaired) electrons. The molecule has 1 amide bonds. The largest absolute Gasteiger partial charge is 0.344 e. The molecule has 0 unspecified atom stereocenters. The number of terminal acetylenes is 1. The summed E-state index contributed by atoms with van der Waals surface area (Å²) in [7, 11) is 1.71. The maximum atomic E-state index is 12.7. The summed E-state index contributed by atoms with van der Waals surface area (Å²) < 4.78 is 1.54. The molecule has 0 atom stereocenters. The fraction of sp³-hybridized carbons (Fsp3) is 0.438. The first-order chi connectivity index (χ1) is 11.1. The van der Waals surface area contributed by atoms with Crippen LogP contribution in [0.1, 0.15) is 23.3 Å². The lowest BCUT2D eigenvalue weighted by molar-refractivity contribution is -0.118. The van der Waals surface area contributed by atoms with E-state index in [1.807, 2.05) is 0 Å². The van der Waals surface area contributed by atoms with Crippen molar-refractivity contribution in [3.05, 3.63) is 20.8 Å². The van der Waals surface area contributed by atoms with Crippen molar-refractivity contribution in [3.63, 3.8) is 0 Å². The highest BCUT2D eigenvalue weighted by atomic mass is 32.2. The van der Waals surface area contributed by atoms with Crippen molar-refractivity contribution in [2.45, 2.75) is 30.8 Å².